The number of hydrogen-bond acceptors (Lipinski definition) is 6. The van der Waals surface area contributed by atoms with Crippen molar-refractivity contribution in [2.75, 3.05) is 31.1 Å². The normalized spacial score (nSPS) is 15.1. The number of pyridine rings is 1. The molecule has 2 aromatic heterocycles. The van der Waals surface area contributed by atoms with Gasteiger partial charge in [-0.2, -0.15) is 0 Å². The van der Waals surface area contributed by atoms with Gasteiger partial charge in [0, 0.05) is 43.3 Å². The Kier molecular flexibility index (Phi) is 4.27. The van der Waals surface area contributed by atoms with E-state index in [9.17, 15) is 4.79 Å². The van der Waals surface area contributed by atoms with Crippen LogP contribution < -0.4 is 4.90 Å². The first-order valence-corrected chi connectivity index (χ1v) is 7.79. The summed E-state index contributed by atoms with van der Waals surface area (Å²) in [5, 5.41) is 7.49. The second kappa shape index (κ2) is 6.36. The maximum atomic E-state index is 12.4. The fraction of sp³-hybridized carbons (Fsp3) is 0.500. The number of aromatic nitrogens is 3. The minimum atomic E-state index is 0.0746. The van der Waals surface area contributed by atoms with E-state index in [0.29, 0.717) is 24.5 Å². The maximum Gasteiger partial charge on any atom is 0.228 e. The highest BCUT2D eigenvalue weighted by molar-refractivity contribution is 5.78. The Morgan fingerprint density at radius 2 is 1.74 bits per heavy atom. The van der Waals surface area contributed by atoms with E-state index < -0.39 is 0 Å². The van der Waals surface area contributed by atoms with Crippen LogP contribution in [-0.4, -0.2) is 52.3 Å². The van der Waals surface area contributed by atoms with Gasteiger partial charge in [-0.25, -0.2) is 4.63 Å². The second-order valence-corrected chi connectivity index (χ2v) is 5.95. The molecule has 122 valence electrons. The number of anilines is 1. The van der Waals surface area contributed by atoms with Crippen LogP contribution in [0.25, 0.3) is 0 Å². The zero-order valence-corrected chi connectivity index (χ0v) is 13.7. The molecule has 3 rings (SSSR count). The quantitative estimate of drug-likeness (QED) is 0.849. The molecule has 1 aliphatic heterocycles. The van der Waals surface area contributed by atoms with Crippen molar-refractivity contribution in [2.24, 2.45) is 0 Å². The Balaban J connectivity index is 1.59. The molecule has 3 heterocycles. The first-order chi connectivity index (χ1) is 11.0. The van der Waals surface area contributed by atoms with Gasteiger partial charge >= 0.3 is 0 Å². The number of nitrogens with zero attached hydrogens (tertiary/aromatic N) is 5. The van der Waals surface area contributed by atoms with Crippen LogP contribution >= 0.6 is 0 Å². The van der Waals surface area contributed by atoms with E-state index >= 15 is 0 Å². The minimum absolute atomic E-state index is 0.0746. The summed E-state index contributed by atoms with van der Waals surface area (Å²) in [5.74, 6) is 0.0746. The molecule has 0 aliphatic carbocycles. The van der Waals surface area contributed by atoms with E-state index in [1.807, 2.05) is 18.7 Å². The average Bonchev–Trinajstić information content (AvgIpc) is 2.91. The van der Waals surface area contributed by atoms with Crippen LogP contribution in [0.15, 0.2) is 16.8 Å². The zero-order chi connectivity index (χ0) is 16.4. The molecule has 1 aliphatic rings. The lowest BCUT2D eigenvalue weighted by molar-refractivity contribution is -0.130. The maximum absolute atomic E-state index is 12.4. The van der Waals surface area contributed by atoms with Crippen LogP contribution in [-0.2, 0) is 11.2 Å². The zero-order valence-electron chi connectivity index (χ0n) is 13.7. The molecule has 2 aromatic rings. The summed E-state index contributed by atoms with van der Waals surface area (Å²) in [7, 11) is 0. The van der Waals surface area contributed by atoms with Gasteiger partial charge in [-0.1, -0.05) is 10.3 Å². The molecule has 1 saturated heterocycles. The van der Waals surface area contributed by atoms with Gasteiger partial charge < -0.3 is 9.80 Å². The standard InChI is InChI=1S/C16H21N5O2/c1-11-8-14(9-12(2)17-11)20-4-6-21(7-5-20)16(22)10-15-13(3)18-23-19-15/h8-9H,4-7,10H2,1-3H3. The highest BCUT2D eigenvalue weighted by atomic mass is 16.6. The number of rotatable bonds is 3. The SMILES string of the molecule is Cc1cc(N2CCN(C(=O)Cc3nonc3C)CC2)cc(C)n1. The number of hydrogen-bond donors (Lipinski definition) is 0. The largest absolute Gasteiger partial charge is 0.368 e. The predicted molar refractivity (Wildman–Crippen MR) is 85.2 cm³/mol. The van der Waals surface area contributed by atoms with Gasteiger partial charge in [-0.05, 0) is 32.9 Å². The Hall–Kier alpha value is -2.44. The third-order valence-electron chi connectivity index (χ3n) is 4.13. The van der Waals surface area contributed by atoms with Crippen LogP contribution in [0.4, 0.5) is 5.69 Å². The fourth-order valence-electron chi connectivity index (χ4n) is 2.87. The molecule has 0 radical (unpaired) electrons. The summed E-state index contributed by atoms with van der Waals surface area (Å²) < 4.78 is 4.65. The van der Waals surface area contributed by atoms with Crippen LogP contribution in [0, 0.1) is 20.8 Å². The van der Waals surface area contributed by atoms with Crippen molar-refractivity contribution < 1.29 is 9.42 Å². The summed E-state index contributed by atoms with van der Waals surface area (Å²) in [6.07, 6.45) is 0.253. The molecule has 0 N–H and O–H groups in total. The third-order valence-corrected chi connectivity index (χ3v) is 4.13. The smallest absolute Gasteiger partial charge is 0.228 e. The third kappa shape index (κ3) is 3.49. The van der Waals surface area contributed by atoms with E-state index in [2.05, 4.69) is 37.0 Å². The number of amides is 1. The first-order valence-electron chi connectivity index (χ1n) is 7.79. The lowest BCUT2D eigenvalue weighted by Gasteiger charge is -2.36. The van der Waals surface area contributed by atoms with Crippen molar-refractivity contribution in [3.05, 3.63) is 34.9 Å². The van der Waals surface area contributed by atoms with Crippen LogP contribution in [0.1, 0.15) is 22.8 Å². The lowest BCUT2D eigenvalue weighted by Crippen LogP contribution is -2.49. The molecule has 0 saturated carbocycles. The van der Waals surface area contributed by atoms with Crippen molar-refractivity contribution in [1.29, 1.82) is 0 Å². The van der Waals surface area contributed by atoms with E-state index in [0.717, 1.165) is 24.5 Å². The Morgan fingerprint density at radius 1 is 1.09 bits per heavy atom. The lowest BCUT2D eigenvalue weighted by atomic mass is 10.2. The Morgan fingerprint density at radius 3 is 2.30 bits per heavy atom. The topological polar surface area (TPSA) is 75.4 Å². The van der Waals surface area contributed by atoms with Gasteiger partial charge in [-0.15, -0.1) is 0 Å². The fourth-order valence-corrected chi connectivity index (χ4v) is 2.87. The van der Waals surface area contributed by atoms with E-state index in [1.54, 1.807) is 6.92 Å². The van der Waals surface area contributed by atoms with Crippen molar-refractivity contribution >= 4 is 11.6 Å². The predicted octanol–water partition coefficient (Wildman–Crippen LogP) is 1.28. The van der Waals surface area contributed by atoms with Gasteiger partial charge in [0.15, 0.2) is 0 Å². The number of carbonyl (C=O) groups is 1. The average molecular weight is 315 g/mol. The molecule has 7 nitrogen and oxygen atoms in total. The van der Waals surface area contributed by atoms with Gasteiger partial charge in [0.2, 0.25) is 5.91 Å². The molecule has 0 aromatic carbocycles. The highest BCUT2D eigenvalue weighted by Gasteiger charge is 2.23. The molecule has 0 spiro atoms. The molecule has 0 atom stereocenters. The van der Waals surface area contributed by atoms with Gasteiger partial charge in [0.1, 0.15) is 11.4 Å². The van der Waals surface area contributed by atoms with Crippen molar-refractivity contribution in [1.82, 2.24) is 20.2 Å². The van der Waals surface area contributed by atoms with Crippen molar-refractivity contribution in [2.45, 2.75) is 27.2 Å². The summed E-state index contributed by atoms with van der Waals surface area (Å²) in [5.41, 5.74) is 4.52. The molecule has 0 bridgehead atoms. The molecular weight excluding hydrogens is 294 g/mol. The summed E-state index contributed by atoms with van der Waals surface area (Å²) in [6, 6.07) is 4.18. The minimum Gasteiger partial charge on any atom is -0.368 e. The van der Waals surface area contributed by atoms with E-state index in [4.69, 9.17) is 0 Å². The molecular formula is C16H21N5O2. The number of piperazine rings is 1. The van der Waals surface area contributed by atoms with Gasteiger partial charge in [-0.3, -0.25) is 9.78 Å². The Labute approximate surface area is 135 Å². The first kappa shape index (κ1) is 15.5. The van der Waals surface area contributed by atoms with Gasteiger partial charge in [0.05, 0.1) is 6.42 Å². The monoisotopic (exact) mass is 315 g/mol. The van der Waals surface area contributed by atoms with E-state index in [1.165, 1.54) is 5.69 Å². The molecule has 0 unspecified atom stereocenters. The van der Waals surface area contributed by atoms with Crippen LogP contribution in [0.3, 0.4) is 0 Å². The molecule has 1 fully saturated rings. The van der Waals surface area contributed by atoms with Crippen LogP contribution in [0.5, 0.6) is 0 Å². The van der Waals surface area contributed by atoms with E-state index in [-0.39, 0.29) is 12.3 Å². The summed E-state index contributed by atoms with van der Waals surface area (Å²) in [4.78, 5) is 20.9. The summed E-state index contributed by atoms with van der Waals surface area (Å²) in [6.45, 7) is 8.88. The van der Waals surface area contributed by atoms with Crippen molar-refractivity contribution in [3.63, 3.8) is 0 Å². The van der Waals surface area contributed by atoms with Gasteiger partial charge in [0.25, 0.3) is 0 Å². The second-order valence-electron chi connectivity index (χ2n) is 5.95. The molecule has 7 heteroatoms. The number of carbonyl (C=O) groups excluding carboxylic acids is 1. The van der Waals surface area contributed by atoms with Crippen LogP contribution in [0.2, 0.25) is 0 Å². The summed E-state index contributed by atoms with van der Waals surface area (Å²) >= 11 is 0. The molecule has 23 heavy (non-hydrogen) atoms. The highest BCUT2D eigenvalue weighted by Crippen LogP contribution is 2.19. The number of aryl methyl sites for hydroxylation is 3. The molecule has 1 amide bonds. The van der Waals surface area contributed by atoms with Crippen molar-refractivity contribution in [3.8, 4) is 0 Å². The Bertz CT molecular complexity index is 684.